The Labute approximate surface area is 152 Å². The Morgan fingerprint density at radius 2 is 1.92 bits per heavy atom. The lowest BCUT2D eigenvalue weighted by molar-refractivity contribution is -0.142. The van der Waals surface area contributed by atoms with Gasteiger partial charge in [0, 0.05) is 6.54 Å². The third-order valence-corrected chi connectivity index (χ3v) is 3.71. The molecule has 2 N–H and O–H groups in total. The van der Waals surface area contributed by atoms with Crippen LogP contribution in [-0.4, -0.2) is 36.7 Å². The van der Waals surface area contributed by atoms with Crippen molar-refractivity contribution in [3.63, 3.8) is 0 Å². The van der Waals surface area contributed by atoms with Gasteiger partial charge in [0.1, 0.15) is 19.0 Å². The minimum Gasteiger partial charge on any atom is -0.489 e. The number of carbonyl (C=O) groups excluding carboxylic acids is 1. The van der Waals surface area contributed by atoms with E-state index in [1.807, 2.05) is 55.5 Å². The summed E-state index contributed by atoms with van der Waals surface area (Å²) in [5, 5.41) is 11.1. The van der Waals surface area contributed by atoms with Gasteiger partial charge < -0.3 is 19.9 Å². The Morgan fingerprint density at radius 1 is 1.12 bits per heavy atom. The summed E-state index contributed by atoms with van der Waals surface area (Å²) in [7, 11) is 0. The molecular weight excluding hydrogens is 334 g/mol. The fourth-order valence-corrected chi connectivity index (χ4v) is 2.35. The van der Waals surface area contributed by atoms with Crippen LogP contribution in [0.3, 0.4) is 0 Å². The number of hydrogen-bond acceptors (Lipinski definition) is 4. The number of hydrogen-bond donors (Lipinski definition) is 2. The van der Waals surface area contributed by atoms with Crippen molar-refractivity contribution in [3.8, 4) is 5.75 Å². The monoisotopic (exact) mass is 357 g/mol. The summed E-state index contributed by atoms with van der Waals surface area (Å²) in [5.41, 5.74) is 3.14. The van der Waals surface area contributed by atoms with Crippen LogP contribution in [0.4, 0.5) is 0 Å². The lowest BCUT2D eigenvalue weighted by Gasteiger charge is -2.10. The maximum Gasteiger partial charge on any atom is 0.329 e. The summed E-state index contributed by atoms with van der Waals surface area (Å²) < 4.78 is 10.7. The normalized spacial score (nSPS) is 10.3. The molecule has 0 spiro atoms. The fraction of sp³-hybridized carbons (Fsp3) is 0.300. The van der Waals surface area contributed by atoms with E-state index in [2.05, 4.69) is 5.32 Å². The summed E-state index contributed by atoms with van der Waals surface area (Å²) in [5.74, 6) is -0.470. The maximum atomic E-state index is 11.9. The Bertz CT molecular complexity index is 744. The van der Waals surface area contributed by atoms with E-state index < -0.39 is 5.97 Å². The molecule has 0 aromatic heterocycles. The molecule has 0 saturated heterocycles. The fourth-order valence-electron chi connectivity index (χ4n) is 2.35. The second-order valence-electron chi connectivity index (χ2n) is 5.84. The number of carboxylic acid groups (broad SMARTS) is 1. The standard InChI is InChI=1S/C20H23NO5/c1-15-5-2-3-7-17(15)13-26-18-8-4-6-16(11-18)12-19(22)21-9-10-25-14-20(23)24/h2-8,11H,9-10,12-14H2,1H3,(H,21,22)(H,23,24). The van der Waals surface area contributed by atoms with Crippen LogP contribution in [0.25, 0.3) is 0 Å². The predicted octanol–water partition coefficient (Wildman–Crippen LogP) is 2.33. The summed E-state index contributed by atoms with van der Waals surface area (Å²) in [6.07, 6.45) is 0.223. The molecule has 6 heteroatoms. The first-order chi connectivity index (χ1) is 12.5. The van der Waals surface area contributed by atoms with Crippen LogP contribution >= 0.6 is 0 Å². The molecule has 138 valence electrons. The van der Waals surface area contributed by atoms with Gasteiger partial charge in [0.05, 0.1) is 13.0 Å². The van der Waals surface area contributed by atoms with Crippen LogP contribution in [0.2, 0.25) is 0 Å². The lowest BCUT2D eigenvalue weighted by atomic mass is 10.1. The number of carbonyl (C=O) groups is 2. The number of aliphatic carboxylic acids is 1. The summed E-state index contributed by atoms with van der Waals surface area (Å²) >= 11 is 0. The molecule has 0 radical (unpaired) electrons. The summed E-state index contributed by atoms with van der Waals surface area (Å²) in [4.78, 5) is 22.2. The van der Waals surface area contributed by atoms with E-state index in [1.165, 1.54) is 5.56 Å². The molecule has 1 amide bonds. The highest BCUT2D eigenvalue weighted by Gasteiger charge is 2.05. The van der Waals surface area contributed by atoms with E-state index in [0.717, 1.165) is 11.1 Å². The van der Waals surface area contributed by atoms with Crippen molar-refractivity contribution in [2.75, 3.05) is 19.8 Å². The van der Waals surface area contributed by atoms with Crippen LogP contribution in [0.1, 0.15) is 16.7 Å². The van der Waals surface area contributed by atoms with Gasteiger partial charge in [-0.2, -0.15) is 0 Å². The molecule has 0 unspecified atom stereocenters. The van der Waals surface area contributed by atoms with E-state index in [9.17, 15) is 9.59 Å². The van der Waals surface area contributed by atoms with Gasteiger partial charge in [0.2, 0.25) is 5.91 Å². The van der Waals surface area contributed by atoms with Crippen molar-refractivity contribution in [2.24, 2.45) is 0 Å². The largest absolute Gasteiger partial charge is 0.489 e. The highest BCUT2D eigenvalue weighted by molar-refractivity contribution is 5.78. The molecule has 0 aliphatic heterocycles. The van der Waals surface area contributed by atoms with Gasteiger partial charge in [-0.3, -0.25) is 4.79 Å². The molecule has 2 aromatic carbocycles. The SMILES string of the molecule is Cc1ccccc1COc1cccc(CC(=O)NCCOCC(=O)O)c1. The van der Waals surface area contributed by atoms with E-state index in [-0.39, 0.29) is 32.1 Å². The molecule has 2 rings (SSSR count). The first-order valence-corrected chi connectivity index (χ1v) is 8.37. The Kier molecular flexibility index (Phi) is 7.64. The van der Waals surface area contributed by atoms with Gasteiger partial charge >= 0.3 is 5.97 Å². The average Bonchev–Trinajstić information content (AvgIpc) is 2.61. The summed E-state index contributed by atoms with van der Waals surface area (Å²) in [6.45, 7) is 2.59. The third-order valence-electron chi connectivity index (χ3n) is 3.71. The second kappa shape index (κ2) is 10.2. The Hall–Kier alpha value is -2.86. The topological polar surface area (TPSA) is 84.9 Å². The minimum atomic E-state index is -1.03. The maximum absolute atomic E-state index is 11.9. The number of nitrogens with one attached hydrogen (secondary N) is 1. The molecule has 0 saturated carbocycles. The average molecular weight is 357 g/mol. The third kappa shape index (κ3) is 6.94. The van der Waals surface area contributed by atoms with Crippen LogP contribution in [0.15, 0.2) is 48.5 Å². The van der Waals surface area contributed by atoms with E-state index in [1.54, 1.807) is 0 Å². The van der Waals surface area contributed by atoms with Crippen molar-refractivity contribution >= 4 is 11.9 Å². The van der Waals surface area contributed by atoms with E-state index in [4.69, 9.17) is 14.6 Å². The number of amides is 1. The van der Waals surface area contributed by atoms with Crippen molar-refractivity contribution in [3.05, 3.63) is 65.2 Å². The van der Waals surface area contributed by atoms with Gasteiger partial charge in [-0.05, 0) is 35.7 Å². The molecule has 0 aliphatic carbocycles. The lowest BCUT2D eigenvalue weighted by Crippen LogP contribution is -2.29. The minimum absolute atomic E-state index is 0.153. The van der Waals surface area contributed by atoms with Crippen LogP contribution in [0, 0.1) is 6.92 Å². The first kappa shape index (κ1) is 19.5. The molecule has 0 aliphatic rings. The van der Waals surface area contributed by atoms with E-state index in [0.29, 0.717) is 12.4 Å². The Morgan fingerprint density at radius 3 is 2.69 bits per heavy atom. The molecular formula is C20H23NO5. The quantitative estimate of drug-likeness (QED) is 0.638. The zero-order chi connectivity index (χ0) is 18.8. The zero-order valence-electron chi connectivity index (χ0n) is 14.7. The first-order valence-electron chi connectivity index (χ1n) is 8.37. The predicted molar refractivity (Wildman–Crippen MR) is 97.1 cm³/mol. The highest BCUT2D eigenvalue weighted by atomic mass is 16.5. The van der Waals surface area contributed by atoms with Crippen molar-refractivity contribution in [1.29, 1.82) is 0 Å². The van der Waals surface area contributed by atoms with Crippen molar-refractivity contribution in [2.45, 2.75) is 20.0 Å². The van der Waals surface area contributed by atoms with Gasteiger partial charge in [-0.15, -0.1) is 0 Å². The molecule has 26 heavy (non-hydrogen) atoms. The van der Waals surface area contributed by atoms with Gasteiger partial charge in [-0.25, -0.2) is 4.79 Å². The molecule has 0 bridgehead atoms. The van der Waals surface area contributed by atoms with E-state index >= 15 is 0 Å². The van der Waals surface area contributed by atoms with Crippen molar-refractivity contribution in [1.82, 2.24) is 5.32 Å². The molecule has 0 fully saturated rings. The molecule has 6 nitrogen and oxygen atoms in total. The molecule has 2 aromatic rings. The number of aryl methyl sites for hydroxylation is 1. The van der Waals surface area contributed by atoms with Gasteiger partial charge in [-0.1, -0.05) is 36.4 Å². The number of carboxylic acids is 1. The van der Waals surface area contributed by atoms with Crippen LogP contribution < -0.4 is 10.1 Å². The summed E-state index contributed by atoms with van der Waals surface area (Å²) in [6, 6.07) is 15.5. The zero-order valence-corrected chi connectivity index (χ0v) is 14.7. The Balaban J connectivity index is 1.78. The molecule has 0 heterocycles. The molecule has 0 atom stereocenters. The number of rotatable bonds is 10. The van der Waals surface area contributed by atoms with Crippen LogP contribution in [0.5, 0.6) is 5.75 Å². The number of benzene rings is 2. The smallest absolute Gasteiger partial charge is 0.329 e. The van der Waals surface area contributed by atoms with Gasteiger partial charge in [0.15, 0.2) is 0 Å². The number of ether oxygens (including phenoxy) is 2. The second-order valence-corrected chi connectivity index (χ2v) is 5.84. The highest BCUT2D eigenvalue weighted by Crippen LogP contribution is 2.17. The van der Waals surface area contributed by atoms with Gasteiger partial charge in [0.25, 0.3) is 0 Å². The van der Waals surface area contributed by atoms with Crippen LogP contribution in [-0.2, 0) is 27.4 Å². The van der Waals surface area contributed by atoms with Crippen molar-refractivity contribution < 1.29 is 24.2 Å².